The lowest BCUT2D eigenvalue weighted by atomic mass is 10.0. The molecule has 0 aromatic heterocycles. The zero-order valence-electron chi connectivity index (χ0n) is 11.7. The van der Waals surface area contributed by atoms with Crippen molar-refractivity contribution in [1.29, 1.82) is 0 Å². The van der Waals surface area contributed by atoms with Crippen molar-refractivity contribution in [2.75, 3.05) is 0 Å². The minimum absolute atomic E-state index is 0.0821. The van der Waals surface area contributed by atoms with Gasteiger partial charge in [0.2, 0.25) is 11.8 Å². The molecule has 0 aromatic carbocycles. The van der Waals surface area contributed by atoms with E-state index in [0.717, 1.165) is 12.8 Å². The molecule has 1 rings (SSSR count). The summed E-state index contributed by atoms with van der Waals surface area (Å²) in [5.41, 5.74) is 0. The molecular weight excluding hydrogens is 246 g/mol. The molecule has 0 aliphatic carbocycles. The van der Waals surface area contributed by atoms with Crippen LogP contribution in [0.1, 0.15) is 58.8 Å². The summed E-state index contributed by atoms with van der Waals surface area (Å²) in [5.74, 6) is -1.33. The predicted molar refractivity (Wildman–Crippen MR) is 70.4 cm³/mol. The first-order valence-corrected chi connectivity index (χ1v) is 7.01. The number of hydrogen-bond acceptors (Lipinski definition) is 3. The molecular formula is C14H23NO4. The van der Waals surface area contributed by atoms with Gasteiger partial charge in [-0.05, 0) is 32.6 Å². The van der Waals surface area contributed by atoms with Gasteiger partial charge in [0.1, 0.15) is 0 Å². The van der Waals surface area contributed by atoms with Gasteiger partial charge in [0, 0.05) is 18.9 Å². The van der Waals surface area contributed by atoms with Gasteiger partial charge < -0.3 is 5.11 Å². The first-order chi connectivity index (χ1) is 8.93. The standard InChI is InChI=1S/C14H23NO4/c1-10(14(18)19)6-5-7-11(2)15-12(16)8-3-4-9-13(15)17/h10-11H,3-9H2,1-2H3,(H,18,19). The fourth-order valence-corrected chi connectivity index (χ4v) is 2.40. The summed E-state index contributed by atoms with van der Waals surface area (Å²) in [7, 11) is 0. The Kier molecular flexibility index (Phi) is 5.99. The summed E-state index contributed by atoms with van der Waals surface area (Å²) >= 11 is 0. The number of carbonyl (C=O) groups excluding carboxylic acids is 2. The van der Waals surface area contributed by atoms with Gasteiger partial charge in [0.25, 0.3) is 0 Å². The SMILES string of the molecule is CC(CCCC(C)N1C(=O)CCCCC1=O)C(=O)O. The second-order valence-electron chi connectivity index (χ2n) is 5.38. The monoisotopic (exact) mass is 269 g/mol. The average molecular weight is 269 g/mol. The Morgan fingerprint density at radius 3 is 2.16 bits per heavy atom. The van der Waals surface area contributed by atoms with E-state index in [-0.39, 0.29) is 23.8 Å². The van der Waals surface area contributed by atoms with E-state index >= 15 is 0 Å². The summed E-state index contributed by atoms with van der Waals surface area (Å²) in [6.07, 6.45) is 4.42. The Balaban J connectivity index is 2.46. The van der Waals surface area contributed by atoms with Gasteiger partial charge in [-0.1, -0.05) is 13.3 Å². The number of carbonyl (C=O) groups is 3. The number of carboxylic acid groups (broad SMARTS) is 1. The molecule has 2 atom stereocenters. The van der Waals surface area contributed by atoms with Crippen molar-refractivity contribution in [3.05, 3.63) is 0 Å². The number of carboxylic acids is 1. The summed E-state index contributed by atoms with van der Waals surface area (Å²) in [5, 5.41) is 8.80. The number of rotatable bonds is 6. The quantitative estimate of drug-likeness (QED) is 0.750. The lowest BCUT2D eigenvalue weighted by Crippen LogP contribution is -2.42. The van der Waals surface area contributed by atoms with Crippen LogP contribution in [0.15, 0.2) is 0 Å². The molecule has 5 nitrogen and oxygen atoms in total. The maximum Gasteiger partial charge on any atom is 0.306 e. The number of amides is 2. The van der Waals surface area contributed by atoms with Crippen molar-refractivity contribution >= 4 is 17.8 Å². The van der Waals surface area contributed by atoms with Crippen LogP contribution in [-0.2, 0) is 14.4 Å². The van der Waals surface area contributed by atoms with E-state index in [1.807, 2.05) is 6.92 Å². The van der Waals surface area contributed by atoms with E-state index in [1.54, 1.807) is 6.92 Å². The smallest absolute Gasteiger partial charge is 0.306 e. The van der Waals surface area contributed by atoms with Crippen LogP contribution < -0.4 is 0 Å². The second-order valence-corrected chi connectivity index (χ2v) is 5.38. The number of hydrogen-bond donors (Lipinski definition) is 1. The third-order valence-electron chi connectivity index (χ3n) is 3.69. The van der Waals surface area contributed by atoms with Gasteiger partial charge in [-0.15, -0.1) is 0 Å². The van der Waals surface area contributed by atoms with E-state index in [1.165, 1.54) is 4.90 Å². The molecule has 1 saturated heterocycles. The van der Waals surface area contributed by atoms with E-state index in [0.29, 0.717) is 32.1 Å². The first-order valence-electron chi connectivity index (χ1n) is 7.01. The van der Waals surface area contributed by atoms with Crippen molar-refractivity contribution in [2.45, 2.75) is 64.8 Å². The molecule has 1 fully saturated rings. The fourth-order valence-electron chi connectivity index (χ4n) is 2.40. The third-order valence-corrected chi connectivity index (χ3v) is 3.69. The molecule has 1 aliphatic rings. The maximum atomic E-state index is 11.9. The summed E-state index contributed by atoms with van der Waals surface area (Å²) in [6.45, 7) is 3.54. The van der Waals surface area contributed by atoms with Crippen molar-refractivity contribution in [1.82, 2.24) is 4.90 Å². The maximum absolute atomic E-state index is 11.9. The number of nitrogens with zero attached hydrogens (tertiary/aromatic N) is 1. The van der Waals surface area contributed by atoms with Crippen LogP contribution >= 0.6 is 0 Å². The zero-order chi connectivity index (χ0) is 14.4. The summed E-state index contributed by atoms with van der Waals surface area (Å²) in [4.78, 5) is 35.9. The summed E-state index contributed by atoms with van der Waals surface area (Å²) in [6, 6.07) is -0.126. The molecule has 5 heteroatoms. The molecule has 108 valence electrons. The van der Waals surface area contributed by atoms with Crippen molar-refractivity contribution in [2.24, 2.45) is 5.92 Å². The van der Waals surface area contributed by atoms with Crippen molar-refractivity contribution in [3.8, 4) is 0 Å². The van der Waals surface area contributed by atoms with E-state index in [9.17, 15) is 14.4 Å². The van der Waals surface area contributed by atoms with Crippen LogP contribution in [0.4, 0.5) is 0 Å². The Morgan fingerprint density at radius 2 is 1.68 bits per heavy atom. The van der Waals surface area contributed by atoms with Crippen molar-refractivity contribution in [3.63, 3.8) is 0 Å². The third kappa shape index (κ3) is 4.65. The number of imide groups is 1. The first kappa shape index (κ1) is 15.7. The molecule has 2 unspecified atom stereocenters. The Bertz CT molecular complexity index is 335. The van der Waals surface area contributed by atoms with E-state index in [2.05, 4.69) is 0 Å². The van der Waals surface area contributed by atoms with Crippen LogP contribution in [0.25, 0.3) is 0 Å². The van der Waals surface area contributed by atoms with Crippen LogP contribution in [0.5, 0.6) is 0 Å². The Morgan fingerprint density at radius 1 is 1.16 bits per heavy atom. The highest BCUT2D eigenvalue weighted by molar-refractivity contribution is 5.96. The molecule has 1 heterocycles. The van der Waals surface area contributed by atoms with Crippen LogP contribution in [0, 0.1) is 5.92 Å². The molecule has 0 radical (unpaired) electrons. The lowest BCUT2D eigenvalue weighted by Gasteiger charge is -2.26. The highest BCUT2D eigenvalue weighted by Crippen LogP contribution is 2.19. The van der Waals surface area contributed by atoms with Crippen molar-refractivity contribution < 1.29 is 19.5 Å². The van der Waals surface area contributed by atoms with Gasteiger partial charge in [-0.2, -0.15) is 0 Å². The molecule has 0 saturated carbocycles. The largest absolute Gasteiger partial charge is 0.481 e. The molecule has 0 bridgehead atoms. The van der Waals surface area contributed by atoms with Gasteiger partial charge in [-0.3, -0.25) is 19.3 Å². The summed E-state index contributed by atoms with van der Waals surface area (Å²) < 4.78 is 0. The molecule has 0 spiro atoms. The lowest BCUT2D eigenvalue weighted by molar-refractivity contribution is -0.147. The normalized spacial score (nSPS) is 20.0. The highest BCUT2D eigenvalue weighted by atomic mass is 16.4. The molecule has 1 aliphatic heterocycles. The average Bonchev–Trinajstić information content (AvgIpc) is 2.50. The molecule has 1 N–H and O–H groups in total. The van der Waals surface area contributed by atoms with Gasteiger partial charge in [0.05, 0.1) is 5.92 Å². The Hall–Kier alpha value is -1.39. The minimum Gasteiger partial charge on any atom is -0.481 e. The highest BCUT2D eigenvalue weighted by Gasteiger charge is 2.28. The van der Waals surface area contributed by atoms with Gasteiger partial charge in [0.15, 0.2) is 0 Å². The molecule has 2 amide bonds. The zero-order valence-corrected chi connectivity index (χ0v) is 11.7. The number of aliphatic carboxylic acids is 1. The van der Waals surface area contributed by atoms with Crippen LogP contribution in [0.2, 0.25) is 0 Å². The van der Waals surface area contributed by atoms with Gasteiger partial charge in [-0.25, -0.2) is 0 Å². The minimum atomic E-state index is -0.797. The topological polar surface area (TPSA) is 74.7 Å². The second kappa shape index (κ2) is 7.26. The van der Waals surface area contributed by atoms with Crippen LogP contribution in [0.3, 0.4) is 0 Å². The molecule has 0 aromatic rings. The van der Waals surface area contributed by atoms with Crippen LogP contribution in [-0.4, -0.2) is 33.8 Å². The van der Waals surface area contributed by atoms with Gasteiger partial charge >= 0.3 is 5.97 Å². The van der Waals surface area contributed by atoms with E-state index in [4.69, 9.17) is 5.11 Å². The number of likely N-dealkylation sites (tertiary alicyclic amines) is 1. The fraction of sp³-hybridized carbons (Fsp3) is 0.786. The van der Waals surface area contributed by atoms with E-state index < -0.39 is 5.97 Å². The predicted octanol–water partition coefficient (Wildman–Crippen LogP) is 2.20. The molecule has 19 heavy (non-hydrogen) atoms. The Labute approximate surface area is 114 Å².